The fourth-order valence-corrected chi connectivity index (χ4v) is 6.76. The molecule has 14 atom stereocenters. The minimum Gasteiger partial charge on any atom is -0.478 e. The van der Waals surface area contributed by atoms with Gasteiger partial charge in [0.15, 0.2) is 6.29 Å². The van der Waals surface area contributed by atoms with Crippen molar-refractivity contribution in [3.8, 4) is 0 Å². The number of carboxylic acid groups (broad SMARTS) is 1. The Kier molecular flexibility index (Phi) is 18.0. The molecule has 1 amide bonds. The standard InChI is InChI=1S/C41H61NO14/c1-7-8-11-18-32-40(5,6)37(49)38(50)41(52,56-32)27(23-53-34-22-29(44)36(48)26(4)54-34)39(51)42-20-15-14-16-24(2)35(47)25(3)31-21-28(43)30(55-31)17-12-9-10-13-19-33(45)46/h7-19,25-32,34-38,43-44,47-50,52H,20-23H2,1-6H3,(H,42,51)(H,45,46)/b8-7-,10-9+,15-14+,17-12+,18-11+,19-13+,24-16+/t25?,26-,27?,28?,29-,30?,31?,32-,34+,35?,36+,37-,38+,41+/m0/s1. The smallest absolute Gasteiger partial charge is 0.328 e. The fraction of sp³-hybridized carbons (Fsp3) is 0.610. The van der Waals surface area contributed by atoms with E-state index in [-0.39, 0.29) is 18.9 Å². The zero-order chi connectivity index (χ0) is 41.8. The average Bonchev–Trinajstić information content (AvgIpc) is 3.52. The number of aliphatic hydroxyl groups excluding tert-OH is 6. The number of aliphatic carboxylic acids is 1. The molecule has 3 aliphatic heterocycles. The lowest BCUT2D eigenvalue weighted by Gasteiger charge is -2.53. The molecule has 3 rings (SSSR count). The summed E-state index contributed by atoms with van der Waals surface area (Å²) in [6, 6.07) is 0. The number of ether oxygens (including phenoxy) is 4. The molecule has 0 bridgehead atoms. The summed E-state index contributed by atoms with van der Waals surface area (Å²) < 4.78 is 23.5. The van der Waals surface area contributed by atoms with E-state index in [1.165, 1.54) is 12.2 Å². The first-order valence-corrected chi connectivity index (χ1v) is 18.9. The second-order valence-corrected chi connectivity index (χ2v) is 15.2. The van der Waals surface area contributed by atoms with Gasteiger partial charge in [0.05, 0.1) is 49.3 Å². The van der Waals surface area contributed by atoms with Crippen molar-refractivity contribution in [2.45, 2.75) is 128 Å². The molecule has 0 saturated carbocycles. The van der Waals surface area contributed by atoms with Gasteiger partial charge in [-0.25, -0.2) is 4.79 Å². The number of hydrogen-bond acceptors (Lipinski definition) is 13. The van der Waals surface area contributed by atoms with E-state index in [9.17, 15) is 45.3 Å². The second-order valence-electron chi connectivity index (χ2n) is 15.2. The summed E-state index contributed by atoms with van der Waals surface area (Å²) in [5.74, 6) is -6.48. The van der Waals surface area contributed by atoms with E-state index in [0.29, 0.717) is 12.0 Å². The number of carbonyl (C=O) groups excluding carboxylic acids is 1. The molecular weight excluding hydrogens is 730 g/mol. The Morgan fingerprint density at radius 1 is 0.929 bits per heavy atom. The summed E-state index contributed by atoms with van der Waals surface area (Å²) in [5, 5.41) is 87.6. The molecule has 314 valence electrons. The average molecular weight is 792 g/mol. The number of nitrogens with one attached hydrogen (secondary N) is 1. The molecule has 15 nitrogen and oxygen atoms in total. The van der Waals surface area contributed by atoms with E-state index in [1.807, 2.05) is 13.8 Å². The van der Waals surface area contributed by atoms with Gasteiger partial charge >= 0.3 is 5.97 Å². The van der Waals surface area contributed by atoms with Crippen molar-refractivity contribution in [1.82, 2.24) is 5.32 Å². The van der Waals surface area contributed by atoms with Crippen LogP contribution in [0.2, 0.25) is 0 Å². The molecule has 3 saturated heterocycles. The van der Waals surface area contributed by atoms with Crippen molar-refractivity contribution in [2.24, 2.45) is 17.3 Å². The Labute approximate surface area is 328 Å². The minimum atomic E-state index is -2.64. The predicted octanol–water partition coefficient (Wildman–Crippen LogP) is 1.33. The molecule has 0 aromatic heterocycles. The minimum absolute atomic E-state index is 0.0516. The first-order chi connectivity index (χ1) is 26.3. The van der Waals surface area contributed by atoms with Crippen molar-refractivity contribution >= 4 is 11.9 Å². The molecule has 3 aliphatic rings. The van der Waals surface area contributed by atoms with Crippen molar-refractivity contribution in [1.29, 1.82) is 0 Å². The quantitative estimate of drug-likeness (QED) is 0.0746. The van der Waals surface area contributed by atoms with Gasteiger partial charge in [-0.15, -0.1) is 0 Å². The topological polar surface area (TPSA) is 245 Å². The molecule has 0 spiro atoms. The van der Waals surface area contributed by atoms with Crippen molar-refractivity contribution in [3.05, 3.63) is 84.6 Å². The largest absolute Gasteiger partial charge is 0.478 e. The summed E-state index contributed by atoms with van der Waals surface area (Å²) >= 11 is 0. The third-order valence-corrected chi connectivity index (χ3v) is 10.6. The Morgan fingerprint density at radius 2 is 1.61 bits per heavy atom. The van der Waals surface area contributed by atoms with E-state index in [4.69, 9.17) is 24.1 Å². The number of carboxylic acids is 1. The molecule has 6 unspecified atom stereocenters. The highest BCUT2D eigenvalue weighted by atomic mass is 16.7. The molecule has 3 fully saturated rings. The zero-order valence-electron chi connectivity index (χ0n) is 32.9. The number of hydrogen-bond donors (Lipinski definition) is 9. The number of aliphatic hydroxyl groups is 7. The highest BCUT2D eigenvalue weighted by molar-refractivity contribution is 5.80. The van der Waals surface area contributed by atoms with Crippen LogP contribution in [-0.4, -0.2) is 139 Å². The van der Waals surface area contributed by atoms with Gasteiger partial charge in [-0.05, 0) is 26.3 Å². The van der Waals surface area contributed by atoms with Crippen LogP contribution in [0.25, 0.3) is 0 Å². The first kappa shape index (κ1) is 47.1. The third-order valence-electron chi connectivity index (χ3n) is 10.6. The number of rotatable bonds is 17. The maximum atomic E-state index is 13.8. The van der Waals surface area contributed by atoms with Crippen LogP contribution in [0.15, 0.2) is 84.6 Å². The monoisotopic (exact) mass is 791 g/mol. The first-order valence-electron chi connectivity index (χ1n) is 18.9. The summed E-state index contributed by atoms with van der Waals surface area (Å²) in [6.07, 6.45) is 9.31. The zero-order valence-corrected chi connectivity index (χ0v) is 32.9. The Bertz CT molecular complexity index is 1490. The summed E-state index contributed by atoms with van der Waals surface area (Å²) in [7, 11) is 0. The summed E-state index contributed by atoms with van der Waals surface area (Å²) in [4.78, 5) is 24.3. The normalized spacial score (nSPS) is 36.1. The van der Waals surface area contributed by atoms with Crippen LogP contribution < -0.4 is 5.32 Å². The lowest BCUT2D eigenvalue weighted by atomic mass is 9.71. The number of allylic oxidation sites excluding steroid dienone is 9. The highest BCUT2D eigenvalue weighted by Gasteiger charge is 2.61. The van der Waals surface area contributed by atoms with Crippen molar-refractivity contribution in [3.63, 3.8) is 0 Å². The molecular formula is C41H61NO14. The van der Waals surface area contributed by atoms with Gasteiger partial charge in [0.1, 0.15) is 24.2 Å². The number of carbonyl (C=O) groups is 2. The van der Waals surface area contributed by atoms with Crippen LogP contribution in [0.5, 0.6) is 0 Å². The van der Waals surface area contributed by atoms with Crippen LogP contribution >= 0.6 is 0 Å². The Hall–Kier alpha value is -3.32. The lowest BCUT2D eigenvalue weighted by molar-refractivity contribution is -0.365. The van der Waals surface area contributed by atoms with Gasteiger partial charge in [-0.3, -0.25) is 4.79 Å². The molecule has 0 aliphatic carbocycles. The van der Waals surface area contributed by atoms with Crippen LogP contribution in [-0.2, 0) is 28.5 Å². The maximum absolute atomic E-state index is 13.8. The van der Waals surface area contributed by atoms with Gasteiger partial charge in [0, 0.05) is 36.8 Å². The summed E-state index contributed by atoms with van der Waals surface area (Å²) in [5.41, 5.74) is -0.487. The van der Waals surface area contributed by atoms with Crippen molar-refractivity contribution in [2.75, 3.05) is 13.2 Å². The van der Waals surface area contributed by atoms with Gasteiger partial charge < -0.3 is 65.1 Å². The van der Waals surface area contributed by atoms with Crippen molar-refractivity contribution < 1.29 is 69.4 Å². The Morgan fingerprint density at radius 3 is 2.27 bits per heavy atom. The van der Waals surface area contributed by atoms with Gasteiger partial charge in [0.2, 0.25) is 11.7 Å². The lowest BCUT2D eigenvalue weighted by Crippen LogP contribution is -2.70. The fourth-order valence-electron chi connectivity index (χ4n) is 6.76. The molecule has 56 heavy (non-hydrogen) atoms. The number of amides is 1. The molecule has 0 aromatic rings. The maximum Gasteiger partial charge on any atom is 0.328 e. The molecule has 9 N–H and O–H groups in total. The highest BCUT2D eigenvalue weighted by Crippen LogP contribution is 2.44. The predicted molar refractivity (Wildman–Crippen MR) is 205 cm³/mol. The van der Waals surface area contributed by atoms with Crippen LogP contribution in [0.3, 0.4) is 0 Å². The van der Waals surface area contributed by atoms with Crippen LogP contribution in [0, 0.1) is 17.3 Å². The molecule has 15 heteroatoms. The molecule has 0 aromatic carbocycles. The second kappa shape index (κ2) is 21.4. The Balaban J connectivity index is 1.69. The van der Waals surface area contributed by atoms with E-state index in [1.54, 1.807) is 88.5 Å². The summed E-state index contributed by atoms with van der Waals surface area (Å²) in [6.45, 7) is 9.60. The third kappa shape index (κ3) is 12.3. The molecule has 3 heterocycles. The van der Waals surface area contributed by atoms with Gasteiger partial charge in [-0.1, -0.05) is 93.7 Å². The van der Waals surface area contributed by atoms with E-state index in [0.717, 1.165) is 6.08 Å². The van der Waals surface area contributed by atoms with Gasteiger partial charge in [0.25, 0.3) is 0 Å². The SMILES string of the molecule is C/C=C\C=C\[C@@H]1O[C@](O)(C(CO[C@H]2C[C@H](O)[C@H](O)[C@H](C)O2)C(=O)NC/C=C/C=C(\C)C(O)C(C)C2CC(O)C(/C=C/C=C/C=C/C(=O)O)O2)[C@H](O)[C@H](O)C1(C)C. The van der Waals surface area contributed by atoms with Gasteiger partial charge in [-0.2, -0.15) is 0 Å². The van der Waals surface area contributed by atoms with E-state index in [2.05, 4.69) is 5.32 Å². The van der Waals surface area contributed by atoms with Crippen LogP contribution in [0.4, 0.5) is 0 Å². The molecule has 0 radical (unpaired) electrons. The van der Waals surface area contributed by atoms with Crippen LogP contribution in [0.1, 0.15) is 54.4 Å². The van der Waals surface area contributed by atoms with E-state index >= 15 is 0 Å². The van der Waals surface area contributed by atoms with E-state index < -0.39 is 103 Å².